The number of aryl methyl sites for hydroxylation is 1. The Morgan fingerprint density at radius 3 is 2.47 bits per heavy atom. The predicted molar refractivity (Wildman–Crippen MR) is 153 cm³/mol. The molecule has 234 valence electrons. The molecule has 1 saturated carbocycles. The quantitative estimate of drug-likeness (QED) is 0.211. The number of fused-ring (bicyclic) bond motifs is 1. The zero-order chi connectivity index (χ0) is 30.7. The highest BCUT2D eigenvalue weighted by Gasteiger charge is 2.49. The standard InChI is InChI=1S/C28H38N5O9P/c1-16-22-26(30-14-29-16)33(15-31-22)27-24(35)23(34)25(40-27)18(3)41-43(37,42-21-12-10-19(38-4)11-13-21)32-17(2)28(36)39-20-8-6-5-7-9-20/h10-15,17-18,20,23-25,27,34-35H,5-9H2,1-4H3,(H,32,37)/t17?,18?,23-,24+,25?,27?,43?/m0/s1. The summed E-state index contributed by atoms with van der Waals surface area (Å²) in [4.78, 5) is 25.6. The van der Waals surface area contributed by atoms with Crippen molar-refractivity contribution in [1.82, 2.24) is 24.6 Å². The van der Waals surface area contributed by atoms with E-state index in [9.17, 15) is 19.6 Å². The van der Waals surface area contributed by atoms with Crippen LogP contribution in [-0.2, 0) is 23.4 Å². The molecule has 0 bridgehead atoms. The maximum Gasteiger partial charge on any atom is 0.459 e. The van der Waals surface area contributed by atoms with Gasteiger partial charge in [-0.05, 0) is 70.7 Å². The molecule has 43 heavy (non-hydrogen) atoms. The van der Waals surface area contributed by atoms with Crippen LogP contribution in [0.15, 0.2) is 36.9 Å². The first kappa shape index (κ1) is 31.3. The Labute approximate surface area is 249 Å². The summed E-state index contributed by atoms with van der Waals surface area (Å²) in [5, 5.41) is 24.6. The van der Waals surface area contributed by atoms with Crippen molar-refractivity contribution >= 4 is 24.9 Å². The summed E-state index contributed by atoms with van der Waals surface area (Å²) in [6.45, 7) is 4.82. The smallest absolute Gasteiger partial charge is 0.459 e. The van der Waals surface area contributed by atoms with E-state index in [4.69, 9.17) is 23.3 Å². The molecule has 2 fully saturated rings. The summed E-state index contributed by atoms with van der Waals surface area (Å²) >= 11 is 0. The molecule has 0 spiro atoms. The largest absolute Gasteiger partial charge is 0.497 e. The molecule has 7 atom stereocenters. The van der Waals surface area contributed by atoms with E-state index in [0.717, 1.165) is 32.1 Å². The van der Waals surface area contributed by atoms with Gasteiger partial charge < -0.3 is 28.9 Å². The predicted octanol–water partition coefficient (Wildman–Crippen LogP) is 3.21. The van der Waals surface area contributed by atoms with E-state index in [1.807, 2.05) is 0 Å². The fourth-order valence-corrected chi connectivity index (χ4v) is 7.02. The van der Waals surface area contributed by atoms with E-state index < -0.39 is 50.4 Å². The molecule has 2 aliphatic rings. The third kappa shape index (κ3) is 7.00. The van der Waals surface area contributed by atoms with Crippen molar-refractivity contribution in [2.24, 2.45) is 0 Å². The summed E-state index contributed by atoms with van der Waals surface area (Å²) in [7, 11) is -2.80. The second kappa shape index (κ2) is 13.2. The first-order valence-corrected chi connectivity index (χ1v) is 15.9. The number of nitrogens with zero attached hydrogens (tertiary/aromatic N) is 4. The van der Waals surface area contributed by atoms with Gasteiger partial charge >= 0.3 is 13.7 Å². The molecule has 1 aliphatic heterocycles. The van der Waals surface area contributed by atoms with Gasteiger partial charge in [-0.15, -0.1) is 0 Å². The summed E-state index contributed by atoms with van der Waals surface area (Å²) in [5.74, 6) is 0.157. The number of hydrogen-bond donors (Lipinski definition) is 3. The van der Waals surface area contributed by atoms with Crippen LogP contribution < -0.4 is 14.3 Å². The van der Waals surface area contributed by atoms with Crippen LogP contribution in [0.3, 0.4) is 0 Å². The van der Waals surface area contributed by atoms with Gasteiger partial charge in [0.2, 0.25) is 0 Å². The molecule has 1 aromatic carbocycles. The van der Waals surface area contributed by atoms with Crippen molar-refractivity contribution in [1.29, 1.82) is 0 Å². The Balaban J connectivity index is 1.33. The lowest BCUT2D eigenvalue weighted by Gasteiger charge is -2.29. The molecular weight excluding hydrogens is 581 g/mol. The topological polar surface area (TPSA) is 176 Å². The molecule has 3 aromatic rings. The summed E-state index contributed by atoms with van der Waals surface area (Å²) in [6.07, 6.45) is 1.15. The van der Waals surface area contributed by atoms with Crippen LogP contribution in [0.1, 0.15) is 57.9 Å². The summed E-state index contributed by atoms with van der Waals surface area (Å²) in [6, 6.07) is 5.28. The molecule has 2 aromatic heterocycles. The van der Waals surface area contributed by atoms with Gasteiger partial charge in [-0.3, -0.25) is 13.9 Å². The zero-order valence-corrected chi connectivity index (χ0v) is 25.4. The van der Waals surface area contributed by atoms with Crippen LogP contribution in [0.2, 0.25) is 0 Å². The lowest BCUT2D eigenvalue weighted by Crippen LogP contribution is -2.41. The van der Waals surface area contributed by atoms with Crippen LogP contribution in [-0.4, -0.2) is 79.4 Å². The number of methoxy groups -OCH3 is 1. The van der Waals surface area contributed by atoms with Crippen molar-refractivity contribution in [2.45, 2.75) is 95.7 Å². The van der Waals surface area contributed by atoms with Crippen molar-refractivity contribution < 1.29 is 42.8 Å². The highest BCUT2D eigenvalue weighted by Crippen LogP contribution is 2.48. The van der Waals surface area contributed by atoms with Crippen molar-refractivity contribution in [2.75, 3.05) is 7.11 Å². The number of hydrogen-bond acceptors (Lipinski definition) is 12. The minimum atomic E-state index is -4.31. The zero-order valence-electron chi connectivity index (χ0n) is 24.5. The Hall–Kier alpha value is -3.13. The van der Waals surface area contributed by atoms with Crippen molar-refractivity contribution in [3.05, 3.63) is 42.6 Å². The number of carbonyl (C=O) groups is 1. The average Bonchev–Trinajstić information content (AvgIpc) is 3.55. The molecule has 3 heterocycles. The average molecular weight is 620 g/mol. The number of carbonyl (C=O) groups excluding carboxylic acids is 1. The summed E-state index contributed by atoms with van der Waals surface area (Å²) < 4.78 is 44.3. The molecule has 5 rings (SSSR count). The number of aliphatic hydroxyl groups is 2. The number of rotatable bonds is 11. The van der Waals surface area contributed by atoms with E-state index in [0.29, 0.717) is 22.6 Å². The van der Waals surface area contributed by atoms with Crippen LogP contribution >= 0.6 is 7.75 Å². The second-order valence-corrected chi connectivity index (χ2v) is 12.5. The fourth-order valence-electron chi connectivity index (χ4n) is 5.33. The molecule has 1 saturated heterocycles. The number of aliphatic hydroxyl groups excluding tert-OH is 2. The van der Waals surface area contributed by atoms with Crippen molar-refractivity contribution in [3.8, 4) is 11.5 Å². The molecule has 14 nitrogen and oxygen atoms in total. The lowest BCUT2D eigenvalue weighted by molar-refractivity contribution is -0.152. The number of benzene rings is 1. The van der Waals surface area contributed by atoms with E-state index in [-0.39, 0.29) is 11.9 Å². The Kier molecular flexibility index (Phi) is 9.64. The first-order valence-electron chi connectivity index (χ1n) is 14.3. The highest BCUT2D eigenvalue weighted by atomic mass is 31.2. The van der Waals surface area contributed by atoms with Gasteiger partial charge in [0.25, 0.3) is 0 Å². The molecular formula is C28H38N5O9P. The van der Waals surface area contributed by atoms with Gasteiger partial charge in [-0.25, -0.2) is 19.5 Å². The van der Waals surface area contributed by atoms with Crippen LogP contribution in [0, 0.1) is 6.92 Å². The SMILES string of the molecule is COc1ccc(OP(=O)(NC(C)C(=O)OC2CCCCC2)OC(C)C2OC(n3cnc4c(C)ncnc43)[C@H](O)[C@@H]2O)cc1. The first-order chi connectivity index (χ1) is 20.6. The Morgan fingerprint density at radius 1 is 1.07 bits per heavy atom. The molecule has 0 amide bonds. The van der Waals surface area contributed by atoms with Gasteiger partial charge in [0.15, 0.2) is 11.9 Å². The van der Waals surface area contributed by atoms with E-state index >= 15 is 0 Å². The van der Waals surface area contributed by atoms with Crippen LogP contribution in [0.25, 0.3) is 11.2 Å². The fraction of sp³-hybridized carbons (Fsp3) is 0.571. The number of esters is 1. The van der Waals surface area contributed by atoms with Crippen LogP contribution in [0.5, 0.6) is 11.5 Å². The van der Waals surface area contributed by atoms with Gasteiger partial charge in [-0.2, -0.15) is 5.09 Å². The number of ether oxygens (including phenoxy) is 3. The van der Waals surface area contributed by atoms with Gasteiger partial charge in [-0.1, -0.05) is 6.42 Å². The maximum absolute atomic E-state index is 14.2. The van der Waals surface area contributed by atoms with E-state index in [1.54, 1.807) is 31.2 Å². The maximum atomic E-state index is 14.2. The Morgan fingerprint density at radius 2 is 1.77 bits per heavy atom. The highest BCUT2D eigenvalue weighted by molar-refractivity contribution is 7.52. The lowest BCUT2D eigenvalue weighted by atomic mass is 9.98. The van der Waals surface area contributed by atoms with Gasteiger partial charge in [0.1, 0.15) is 53.8 Å². The molecule has 1 aliphatic carbocycles. The number of imidazole rings is 1. The van der Waals surface area contributed by atoms with Gasteiger partial charge in [0, 0.05) is 0 Å². The number of nitrogens with one attached hydrogen (secondary N) is 1. The molecule has 0 radical (unpaired) electrons. The number of aromatic nitrogens is 4. The third-order valence-electron chi connectivity index (χ3n) is 7.68. The third-order valence-corrected chi connectivity index (χ3v) is 9.45. The molecule has 3 N–H and O–H groups in total. The molecule has 5 unspecified atom stereocenters. The monoisotopic (exact) mass is 619 g/mol. The van der Waals surface area contributed by atoms with E-state index in [2.05, 4.69) is 20.0 Å². The molecule has 15 heteroatoms. The van der Waals surface area contributed by atoms with Crippen molar-refractivity contribution in [3.63, 3.8) is 0 Å². The van der Waals surface area contributed by atoms with E-state index in [1.165, 1.54) is 38.2 Å². The Bertz CT molecular complexity index is 1450. The van der Waals surface area contributed by atoms with Gasteiger partial charge in [0.05, 0.1) is 25.2 Å². The second-order valence-electron chi connectivity index (χ2n) is 10.9. The normalized spacial score (nSPS) is 25.6. The minimum absolute atomic E-state index is 0.183. The van der Waals surface area contributed by atoms with Crippen LogP contribution in [0.4, 0.5) is 0 Å². The minimum Gasteiger partial charge on any atom is -0.497 e. The summed E-state index contributed by atoms with van der Waals surface area (Å²) in [5.41, 5.74) is 1.58.